The van der Waals surface area contributed by atoms with Gasteiger partial charge in [-0.2, -0.15) is 0 Å². The van der Waals surface area contributed by atoms with Crippen LogP contribution in [0.4, 0.5) is 11.5 Å². The maximum Gasteiger partial charge on any atom is 0.259 e. The first-order valence-corrected chi connectivity index (χ1v) is 6.21. The Kier molecular flexibility index (Phi) is 4.20. The first-order chi connectivity index (χ1) is 9.65. The third kappa shape index (κ3) is 2.88. The summed E-state index contributed by atoms with van der Waals surface area (Å²) in [4.78, 5) is 18.1. The van der Waals surface area contributed by atoms with Gasteiger partial charge in [0.05, 0.1) is 12.7 Å². The van der Waals surface area contributed by atoms with Gasteiger partial charge in [-0.3, -0.25) is 4.79 Å². The van der Waals surface area contributed by atoms with Crippen LogP contribution in [0.2, 0.25) is 0 Å². The summed E-state index contributed by atoms with van der Waals surface area (Å²) in [5.41, 5.74) is 1.31. The highest BCUT2D eigenvalue weighted by atomic mass is 16.5. The van der Waals surface area contributed by atoms with Crippen LogP contribution in [0.5, 0.6) is 5.75 Å². The van der Waals surface area contributed by atoms with Crippen molar-refractivity contribution in [1.82, 2.24) is 4.98 Å². The summed E-state index contributed by atoms with van der Waals surface area (Å²) in [6, 6.07) is 10.9. The Morgan fingerprint density at radius 2 is 2.10 bits per heavy atom. The monoisotopic (exact) mass is 271 g/mol. The number of rotatable bonds is 4. The number of pyridine rings is 1. The van der Waals surface area contributed by atoms with E-state index in [2.05, 4.69) is 10.3 Å². The second-order valence-electron chi connectivity index (χ2n) is 4.25. The number of methoxy groups -OCH3 is 1. The third-order valence-electron chi connectivity index (χ3n) is 3.01. The number of anilines is 2. The number of amides is 1. The van der Waals surface area contributed by atoms with Crippen molar-refractivity contribution >= 4 is 17.4 Å². The van der Waals surface area contributed by atoms with Gasteiger partial charge in [0.25, 0.3) is 5.91 Å². The van der Waals surface area contributed by atoms with Crippen molar-refractivity contribution in [3.63, 3.8) is 0 Å². The van der Waals surface area contributed by atoms with Gasteiger partial charge >= 0.3 is 0 Å². The summed E-state index contributed by atoms with van der Waals surface area (Å²) in [5, 5.41) is 2.92. The second kappa shape index (κ2) is 6.06. The zero-order chi connectivity index (χ0) is 14.5. The Balaban J connectivity index is 2.22. The number of nitrogens with one attached hydrogen (secondary N) is 1. The van der Waals surface area contributed by atoms with E-state index in [9.17, 15) is 4.79 Å². The molecule has 0 aliphatic rings. The van der Waals surface area contributed by atoms with E-state index in [0.29, 0.717) is 11.3 Å². The van der Waals surface area contributed by atoms with E-state index in [1.807, 2.05) is 24.3 Å². The molecule has 0 radical (unpaired) electrons. The number of nitrogens with zero attached hydrogens (tertiary/aromatic N) is 2. The molecule has 0 aliphatic carbocycles. The van der Waals surface area contributed by atoms with Crippen LogP contribution in [0.1, 0.15) is 10.4 Å². The molecule has 20 heavy (non-hydrogen) atoms. The van der Waals surface area contributed by atoms with Gasteiger partial charge in [-0.1, -0.05) is 6.07 Å². The Bertz CT molecular complexity index is 596. The van der Waals surface area contributed by atoms with E-state index in [4.69, 9.17) is 4.74 Å². The summed E-state index contributed by atoms with van der Waals surface area (Å²) in [6.07, 6.45) is 1.56. The van der Waals surface area contributed by atoms with E-state index < -0.39 is 0 Å². The SMILES string of the molecule is CNc1ccc(C(=O)N(C)c2cccc(OC)c2)cn1. The van der Waals surface area contributed by atoms with Crippen LogP contribution in [0.15, 0.2) is 42.6 Å². The van der Waals surface area contributed by atoms with Crippen molar-refractivity contribution in [2.45, 2.75) is 0 Å². The number of hydrogen-bond acceptors (Lipinski definition) is 4. The predicted molar refractivity (Wildman–Crippen MR) is 79.5 cm³/mol. The molecule has 2 aromatic rings. The van der Waals surface area contributed by atoms with Crippen LogP contribution in [0.3, 0.4) is 0 Å². The van der Waals surface area contributed by atoms with Crippen LogP contribution in [-0.2, 0) is 0 Å². The standard InChI is InChI=1S/C15H17N3O2/c1-16-14-8-7-11(10-17-14)15(19)18(2)12-5-4-6-13(9-12)20-3/h4-10H,1-3H3,(H,16,17). The molecule has 0 spiro atoms. The quantitative estimate of drug-likeness (QED) is 0.927. The number of benzene rings is 1. The summed E-state index contributed by atoms with van der Waals surface area (Å²) >= 11 is 0. The molecule has 1 amide bonds. The molecule has 0 saturated carbocycles. The maximum atomic E-state index is 12.4. The van der Waals surface area contributed by atoms with Gasteiger partial charge in [0.15, 0.2) is 0 Å². The van der Waals surface area contributed by atoms with Crippen LogP contribution < -0.4 is 15.0 Å². The average Bonchev–Trinajstić information content (AvgIpc) is 2.53. The number of carbonyl (C=O) groups excluding carboxylic acids is 1. The Labute approximate surface area is 118 Å². The zero-order valence-electron chi connectivity index (χ0n) is 11.8. The second-order valence-corrected chi connectivity index (χ2v) is 4.25. The molecule has 0 fully saturated rings. The molecule has 5 nitrogen and oxygen atoms in total. The van der Waals surface area contributed by atoms with Crippen molar-refractivity contribution < 1.29 is 9.53 Å². The normalized spacial score (nSPS) is 9.95. The van der Waals surface area contributed by atoms with Crippen LogP contribution in [0.25, 0.3) is 0 Å². The molecule has 0 aliphatic heterocycles. The van der Waals surface area contributed by atoms with Gasteiger partial charge in [0, 0.05) is 32.0 Å². The molecule has 2 rings (SSSR count). The van der Waals surface area contributed by atoms with Crippen molar-refractivity contribution in [2.24, 2.45) is 0 Å². The van der Waals surface area contributed by atoms with E-state index in [-0.39, 0.29) is 5.91 Å². The molecule has 104 valence electrons. The highest BCUT2D eigenvalue weighted by Crippen LogP contribution is 2.21. The number of carbonyl (C=O) groups is 1. The van der Waals surface area contributed by atoms with Gasteiger partial charge < -0.3 is 15.0 Å². The fraction of sp³-hybridized carbons (Fsp3) is 0.200. The lowest BCUT2D eigenvalue weighted by Gasteiger charge is -2.18. The lowest BCUT2D eigenvalue weighted by molar-refractivity contribution is 0.0992. The topological polar surface area (TPSA) is 54.5 Å². The number of hydrogen-bond donors (Lipinski definition) is 1. The van der Waals surface area contributed by atoms with Crippen LogP contribution in [-0.4, -0.2) is 32.1 Å². The zero-order valence-corrected chi connectivity index (χ0v) is 11.8. The first kappa shape index (κ1) is 13.9. The smallest absolute Gasteiger partial charge is 0.259 e. The molecule has 0 bridgehead atoms. The molecule has 1 aromatic heterocycles. The lowest BCUT2D eigenvalue weighted by Crippen LogP contribution is -2.26. The number of aromatic nitrogens is 1. The minimum absolute atomic E-state index is 0.117. The van der Waals surface area contributed by atoms with Crippen molar-refractivity contribution in [3.05, 3.63) is 48.2 Å². The van der Waals surface area contributed by atoms with Gasteiger partial charge in [0.2, 0.25) is 0 Å². The van der Waals surface area contributed by atoms with Crippen LogP contribution in [0, 0.1) is 0 Å². The summed E-state index contributed by atoms with van der Waals surface area (Å²) in [6.45, 7) is 0. The van der Waals surface area contributed by atoms with Crippen molar-refractivity contribution in [2.75, 3.05) is 31.4 Å². The van der Waals surface area contributed by atoms with Gasteiger partial charge in [-0.05, 0) is 24.3 Å². The van der Waals surface area contributed by atoms with Crippen molar-refractivity contribution in [1.29, 1.82) is 0 Å². The molecule has 0 saturated heterocycles. The Morgan fingerprint density at radius 3 is 2.70 bits per heavy atom. The predicted octanol–water partition coefficient (Wildman–Crippen LogP) is 2.41. The summed E-state index contributed by atoms with van der Waals surface area (Å²) in [5.74, 6) is 1.32. The molecular weight excluding hydrogens is 254 g/mol. The lowest BCUT2D eigenvalue weighted by atomic mass is 10.2. The molecule has 0 atom stereocenters. The fourth-order valence-electron chi connectivity index (χ4n) is 1.80. The largest absolute Gasteiger partial charge is 0.497 e. The minimum atomic E-state index is -0.117. The number of ether oxygens (including phenoxy) is 1. The van der Waals surface area contributed by atoms with Gasteiger partial charge in [-0.25, -0.2) is 4.98 Å². The Morgan fingerprint density at radius 1 is 1.30 bits per heavy atom. The molecule has 0 unspecified atom stereocenters. The maximum absolute atomic E-state index is 12.4. The first-order valence-electron chi connectivity index (χ1n) is 6.21. The fourth-order valence-corrected chi connectivity index (χ4v) is 1.80. The summed E-state index contributed by atoms with van der Waals surface area (Å²) < 4.78 is 5.16. The van der Waals surface area contributed by atoms with E-state index >= 15 is 0 Å². The van der Waals surface area contributed by atoms with E-state index in [0.717, 1.165) is 11.5 Å². The van der Waals surface area contributed by atoms with Gasteiger partial charge in [0.1, 0.15) is 11.6 Å². The Hall–Kier alpha value is -2.56. The highest BCUT2D eigenvalue weighted by Gasteiger charge is 2.14. The molecular formula is C15H17N3O2. The van der Waals surface area contributed by atoms with E-state index in [1.54, 1.807) is 44.4 Å². The van der Waals surface area contributed by atoms with E-state index in [1.165, 1.54) is 0 Å². The molecule has 5 heteroatoms. The van der Waals surface area contributed by atoms with Crippen molar-refractivity contribution in [3.8, 4) is 5.75 Å². The third-order valence-corrected chi connectivity index (χ3v) is 3.01. The molecule has 1 heterocycles. The average molecular weight is 271 g/mol. The highest BCUT2D eigenvalue weighted by molar-refractivity contribution is 6.05. The molecule has 1 aromatic carbocycles. The van der Waals surface area contributed by atoms with Crippen LogP contribution >= 0.6 is 0 Å². The minimum Gasteiger partial charge on any atom is -0.497 e. The molecule has 1 N–H and O–H groups in total. The summed E-state index contributed by atoms with van der Waals surface area (Å²) in [7, 11) is 5.11. The van der Waals surface area contributed by atoms with Gasteiger partial charge in [-0.15, -0.1) is 0 Å².